The van der Waals surface area contributed by atoms with Crippen LogP contribution in [0.5, 0.6) is 5.75 Å². The molecular formula is C17H19Cl2NO. The van der Waals surface area contributed by atoms with Crippen LogP contribution in [0.3, 0.4) is 0 Å². The van der Waals surface area contributed by atoms with E-state index < -0.39 is 0 Å². The van der Waals surface area contributed by atoms with Crippen LogP contribution in [-0.2, 0) is 13.2 Å². The topological polar surface area (TPSA) is 21.3 Å². The SMILES string of the molecule is CC(C)NCc1cc(Cl)cc(Cl)c1OCc1ccccc1. The van der Waals surface area contributed by atoms with Crippen LogP contribution in [-0.4, -0.2) is 6.04 Å². The van der Waals surface area contributed by atoms with E-state index in [2.05, 4.69) is 19.2 Å². The van der Waals surface area contributed by atoms with Gasteiger partial charge in [0.05, 0.1) is 5.02 Å². The van der Waals surface area contributed by atoms with Crippen molar-refractivity contribution in [1.82, 2.24) is 5.32 Å². The Bertz CT molecular complexity index is 585. The van der Waals surface area contributed by atoms with E-state index in [1.165, 1.54) is 0 Å². The van der Waals surface area contributed by atoms with Crippen LogP contribution < -0.4 is 10.1 Å². The molecule has 112 valence electrons. The molecule has 0 radical (unpaired) electrons. The minimum atomic E-state index is 0.379. The zero-order valence-electron chi connectivity index (χ0n) is 12.2. The largest absolute Gasteiger partial charge is 0.487 e. The Morgan fingerprint density at radius 1 is 1.10 bits per heavy atom. The lowest BCUT2D eigenvalue weighted by Crippen LogP contribution is -2.22. The lowest BCUT2D eigenvalue weighted by molar-refractivity contribution is 0.302. The van der Waals surface area contributed by atoms with Crippen molar-refractivity contribution in [3.05, 3.63) is 63.6 Å². The lowest BCUT2D eigenvalue weighted by Gasteiger charge is -2.16. The maximum Gasteiger partial charge on any atom is 0.142 e. The van der Waals surface area contributed by atoms with Crippen molar-refractivity contribution in [2.75, 3.05) is 0 Å². The van der Waals surface area contributed by atoms with Crippen LogP contribution >= 0.6 is 23.2 Å². The van der Waals surface area contributed by atoms with Gasteiger partial charge in [-0.1, -0.05) is 67.4 Å². The maximum atomic E-state index is 6.28. The summed E-state index contributed by atoms with van der Waals surface area (Å²) in [6, 6.07) is 14.0. The van der Waals surface area contributed by atoms with E-state index in [0.29, 0.717) is 35.0 Å². The van der Waals surface area contributed by atoms with E-state index in [0.717, 1.165) is 11.1 Å². The van der Waals surface area contributed by atoms with Crippen LogP contribution in [0.1, 0.15) is 25.0 Å². The smallest absolute Gasteiger partial charge is 0.142 e. The fourth-order valence-electron chi connectivity index (χ4n) is 1.95. The van der Waals surface area contributed by atoms with Crippen LogP contribution in [0, 0.1) is 0 Å². The van der Waals surface area contributed by atoms with Crippen molar-refractivity contribution >= 4 is 23.2 Å². The normalized spacial score (nSPS) is 10.9. The van der Waals surface area contributed by atoms with Crippen LogP contribution in [0.15, 0.2) is 42.5 Å². The molecule has 0 heterocycles. The third kappa shape index (κ3) is 4.92. The summed E-state index contributed by atoms with van der Waals surface area (Å²) in [5, 5.41) is 4.52. The second-order valence-electron chi connectivity index (χ2n) is 5.19. The molecule has 0 saturated heterocycles. The number of benzene rings is 2. The van der Waals surface area contributed by atoms with Gasteiger partial charge in [0.2, 0.25) is 0 Å². The molecule has 0 bridgehead atoms. The van der Waals surface area contributed by atoms with Crippen LogP contribution in [0.2, 0.25) is 10.0 Å². The zero-order chi connectivity index (χ0) is 15.2. The highest BCUT2D eigenvalue weighted by Gasteiger charge is 2.11. The molecule has 0 saturated carbocycles. The predicted molar refractivity (Wildman–Crippen MR) is 89.2 cm³/mol. The first-order valence-electron chi connectivity index (χ1n) is 6.94. The fraction of sp³-hybridized carbons (Fsp3) is 0.294. The number of rotatable bonds is 6. The number of halogens is 2. The molecule has 4 heteroatoms. The molecule has 0 unspecified atom stereocenters. The number of hydrogen-bond donors (Lipinski definition) is 1. The van der Waals surface area contributed by atoms with E-state index in [1.54, 1.807) is 6.07 Å². The third-order valence-corrected chi connectivity index (χ3v) is 3.51. The first-order chi connectivity index (χ1) is 10.1. The van der Waals surface area contributed by atoms with Gasteiger partial charge in [-0.15, -0.1) is 0 Å². The number of nitrogens with one attached hydrogen (secondary N) is 1. The first-order valence-corrected chi connectivity index (χ1v) is 7.70. The molecule has 2 nitrogen and oxygen atoms in total. The summed E-state index contributed by atoms with van der Waals surface area (Å²) in [6.45, 7) is 5.34. The van der Waals surface area contributed by atoms with Gasteiger partial charge < -0.3 is 10.1 Å². The second-order valence-corrected chi connectivity index (χ2v) is 6.03. The Labute approximate surface area is 136 Å². The van der Waals surface area contributed by atoms with Crippen molar-refractivity contribution in [3.63, 3.8) is 0 Å². The summed E-state index contributed by atoms with van der Waals surface area (Å²) in [4.78, 5) is 0. The fourth-order valence-corrected chi connectivity index (χ4v) is 2.54. The van der Waals surface area contributed by atoms with Gasteiger partial charge in [0, 0.05) is 23.2 Å². The minimum absolute atomic E-state index is 0.379. The lowest BCUT2D eigenvalue weighted by atomic mass is 10.2. The molecule has 0 atom stereocenters. The van der Waals surface area contributed by atoms with E-state index in [4.69, 9.17) is 27.9 Å². The summed E-state index contributed by atoms with van der Waals surface area (Å²) in [5.74, 6) is 0.693. The molecule has 0 aliphatic heterocycles. The summed E-state index contributed by atoms with van der Waals surface area (Å²) in [7, 11) is 0. The zero-order valence-corrected chi connectivity index (χ0v) is 13.7. The third-order valence-electron chi connectivity index (χ3n) is 3.01. The molecule has 21 heavy (non-hydrogen) atoms. The number of ether oxygens (including phenoxy) is 1. The Morgan fingerprint density at radius 2 is 1.81 bits per heavy atom. The minimum Gasteiger partial charge on any atom is -0.487 e. The molecule has 0 fully saturated rings. The average Bonchev–Trinajstić information content (AvgIpc) is 2.45. The Balaban J connectivity index is 2.16. The van der Waals surface area contributed by atoms with Gasteiger partial charge in [-0.3, -0.25) is 0 Å². The van der Waals surface area contributed by atoms with Crippen LogP contribution in [0.4, 0.5) is 0 Å². The highest BCUT2D eigenvalue weighted by molar-refractivity contribution is 6.35. The van der Waals surface area contributed by atoms with Gasteiger partial charge in [-0.05, 0) is 17.7 Å². The molecule has 0 spiro atoms. The Hall–Kier alpha value is -1.22. The monoisotopic (exact) mass is 323 g/mol. The molecule has 2 aromatic rings. The molecule has 2 rings (SSSR count). The molecule has 1 N–H and O–H groups in total. The van der Waals surface area contributed by atoms with E-state index >= 15 is 0 Å². The molecular weight excluding hydrogens is 305 g/mol. The van der Waals surface area contributed by atoms with Gasteiger partial charge in [-0.2, -0.15) is 0 Å². The maximum absolute atomic E-state index is 6.28. The summed E-state index contributed by atoms with van der Waals surface area (Å²) < 4.78 is 5.91. The molecule has 0 aromatic heterocycles. The van der Waals surface area contributed by atoms with Crippen molar-refractivity contribution in [2.24, 2.45) is 0 Å². The van der Waals surface area contributed by atoms with Gasteiger partial charge in [0.1, 0.15) is 12.4 Å². The summed E-state index contributed by atoms with van der Waals surface area (Å²) in [6.07, 6.45) is 0. The second kappa shape index (κ2) is 7.69. The molecule has 0 aliphatic carbocycles. The molecule has 2 aromatic carbocycles. The Kier molecular flexibility index (Phi) is 5.92. The Morgan fingerprint density at radius 3 is 2.48 bits per heavy atom. The number of hydrogen-bond acceptors (Lipinski definition) is 2. The van der Waals surface area contributed by atoms with Crippen molar-refractivity contribution in [3.8, 4) is 5.75 Å². The molecule has 0 amide bonds. The standard InChI is InChI=1S/C17H19Cl2NO/c1-12(2)20-10-14-8-15(18)9-16(19)17(14)21-11-13-6-4-3-5-7-13/h3-9,12,20H,10-11H2,1-2H3. The van der Waals surface area contributed by atoms with Crippen molar-refractivity contribution in [2.45, 2.75) is 33.0 Å². The van der Waals surface area contributed by atoms with Crippen molar-refractivity contribution in [1.29, 1.82) is 0 Å². The summed E-state index contributed by atoms with van der Waals surface area (Å²) in [5.41, 5.74) is 2.07. The quantitative estimate of drug-likeness (QED) is 0.801. The van der Waals surface area contributed by atoms with Gasteiger partial charge in [0.25, 0.3) is 0 Å². The average molecular weight is 324 g/mol. The van der Waals surface area contributed by atoms with E-state index in [9.17, 15) is 0 Å². The van der Waals surface area contributed by atoms with E-state index in [-0.39, 0.29) is 0 Å². The van der Waals surface area contributed by atoms with Crippen LogP contribution in [0.25, 0.3) is 0 Å². The summed E-state index contributed by atoms with van der Waals surface area (Å²) >= 11 is 12.4. The highest BCUT2D eigenvalue weighted by atomic mass is 35.5. The molecule has 0 aliphatic rings. The van der Waals surface area contributed by atoms with Crippen molar-refractivity contribution < 1.29 is 4.74 Å². The van der Waals surface area contributed by atoms with Gasteiger partial charge >= 0.3 is 0 Å². The first kappa shape index (κ1) is 16.2. The highest BCUT2D eigenvalue weighted by Crippen LogP contribution is 2.33. The van der Waals surface area contributed by atoms with Gasteiger partial charge in [-0.25, -0.2) is 0 Å². The van der Waals surface area contributed by atoms with E-state index in [1.807, 2.05) is 36.4 Å². The predicted octanol–water partition coefficient (Wildman–Crippen LogP) is 5.07. The van der Waals surface area contributed by atoms with Gasteiger partial charge in [0.15, 0.2) is 0 Å².